The van der Waals surface area contributed by atoms with Crippen molar-refractivity contribution in [3.63, 3.8) is 0 Å². The van der Waals surface area contributed by atoms with E-state index in [1.807, 2.05) is 19.1 Å². The molecule has 8 atom stereocenters. The third-order valence-electron chi connectivity index (χ3n) is 10.5. The zero-order valence-electron chi connectivity index (χ0n) is 24.2. The number of nitrogens with zero attached hydrogens (tertiary/aromatic N) is 2. The first kappa shape index (κ1) is 29.2. The van der Waals surface area contributed by atoms with Gasteiger partial charge in [0.2, 0.25) is 0 Å². The van der Waals surface area contributed by atoms with E-state index in [1.165, 1.54) is 11.8 Å². The number of Topliss-reactive ketones (excluding diaryl/α,β-unsaturated/α-hetero) is 1. The van der Waals surface area contributed by atoms with E-state index in [0.29, 0.717) is 23.6 Å². The van der Waals surface area contributed by atoms with Gasteiger partial charge in [0, 0.05) is 36.9 Å². The average Bonchev–Trinajstić information content (AvgIpc) is 3.22. The normalized spacial score (nSPS) is 35.5. The number of esters is 1. The van der Waals surface area contributed by atoms with Crippen LogP contribution in [0.1, 0.15) is 46.5 Å². The Hall–Kier alpha value is -3.30. The molecule has 9 heteroatoms. The smallest absolute Gasteiger partial charge is 0.347 e. The van der Waals surface area contributed by atoms with Gasteiger partial charge in [-0.05, 0) is 73.1 Å². The highest BCUT2D eigenvalue weighted by Gasteiger charge is 2.65. The first-order valence-corrected chi connectivity index (χ1v) is 14.4. The molecular formula is C32H40N2O7. The molecular weight excluding hydrogens is 524 g/mol. The first-order valence-electron chi connectivity index (χ1n) is 14.4. The largest absolute Gasteiger partial charge is 0.458 e. The van der Waals surface area contributed by atoms with Gasteiger partial charge in [0.25, 0.3) is 0 Å². The number of fused-ring (bicyclic) bond motifs is 5. The Morgan fingerprint density at radius 3 is 2.54 bits per heavy atom. The van der Waals surface area contributed by atoms with Gasteiger partial charge in [-0.1, -0.05) is 43.7 Å². The Morgan fingerprint density at radius 2 is 1.85 bits per heavy atom. The van der Waals surface area contributed by atoms with Crippen LogP contribution in [0.5, 0.6) is 0 Å². The lowest BCUT2D eigenvalue weighted by atomic mass is 9.46. The number of aliphatic hydroxyl groups excluding tert-OH is 1. The van der Waals surface area contributed by atoms with Crippen LogP contribution in [0.2, 0.25) is 0 Å². The van der Waals surface area contributed by atoms with E-state index in [0.717, 1.165) is 18.4 Å². The van der Waals surface area contributed by atoms with Crippen LogP contribution in [-0.4, -0.2) is 65.2 Å². The Morgan fingerprint density at radius 1 is 1.15 bits per heavy atom. The van der Waals surface area contributed by atoms with E-state index in [2.05, 4.69) is 6.92 Å². The number of urea groups is 1. The number of aliphatic hydroxyl groups is 1. The Kier molecular flexibility index (Phi) is 7.72. The highest BCUT2D eigenvalue weighted by Crippen LogP contribution is 2.67. The van der Waals surface area contributed by atoms with Crippen LogP contribution < -0.4 is 4.90 Å². The van der Waals surface area contributed by atoms with Crippen LogP contribution in [-0.2, 0) is 19.1 Å². The molecule has 0 bridgehead atoms. The second-order valence-corrected chi connectivity index (χ2v) is 12.8. The molecule has 2 N–H and O–H groups in total. The van der Waals surface area contributed by atoms with Crippen molar-refractivity contribution < 1.29 is 34.2 Å². The van der Waals surface area contributed by atoms with Gasteiger partial charge in [0.15, 0.2) is 11.6 Å². The summed E-state index contributed by atoms with van der Waals surface area (Å²) in [5, 5.41) is 23.4. The predicted octanol–water partition coefficient (Wildman–Crippen LogP) is 4.19. The number of benzene rings is 1. The molecule has 0 heterocycles. The number of para-hydroxylation sites is 1. The second kappa shape index (κ2) is 10.8. The number of allylic oxidation sites excluding steroid dienone is 4. The lowest BCUT2D eigenvalue weighted by molar-refractivity contribution is -0.153. The summed E-state index contributed by atoms with van der Waals surface area (Å²) in [7, 11) is 1.58. The van der Waals surface area contributed by atoms with Gasteiger partial charge >= 0.3 is 12.0 Å². The van der Waals surface area contributed by atoms with Gasteiger partial charge in [-0.25, -0.2) is 9.86 Å². The quantitative estimate of drug-likeness (QED) is 0.302. The number of hydrogen-bond donors (Lipinski definition) is 2. The van der Waals surface area contributed by atoms with E-state index in [4.69, 9.17) is 4.74 Å². The summed E-state index contributed by atoms with van der Waals surface area (Å²) >= 11 is 0. The average molecular weight is 565 g/mol. The maximum absolute atomic E-state index is 13.7. The summed E-state index contributed by atoms with van der Waals surface area (Å²) in [6.45, 7) is 4.92. The van der Waals surface area contributed by atoms with Gasteiger partial charge in [0.1, 0.15) is 6.61 Å². The molecule has 9 nitrogen and oxygen atoms in total. The van der Waals surface area contributed by atoms with Crippen molar-refractivity contribution in [1.82, 2.24) is 5.06 Å². The maximum atomic E-state index is 13.7. The number of hydrogen-bond acceptors (Lipinski definition) is 7. The molecule has 220 valence electrons. The Labute approximate surface area is 240 Å². The maximum Gasteiger partial charge on any atom is 0.347 e. The highest BCUT2D eigenvalue weighted by molar-refractivity contribution is 6.01. The van der Waals surface area contributed by atoms with Crippen LogP contribution in [0.15, 0.2) is 54.1 Å². The van der Waals surface area contributed by atoms with Crippen LogP contribution in [0.25, 0.3) is 0 Å². The van der Waals surface area contributed by atoms with E-state index in [1.54, 1.807) is 43.5 Å². The standard InChI is InChI=1S/C32H40N2O7/c1-19(35)41-18-27(38)28-20(17-34(40)30(39)33(4)22-8-6-5-7-9-22)14-25-24-11-10-21-15-23(36)12-13-31(21,2)29(24)26(37)16-32(25,28)3/h5-9,12-13,15,20,24-26,28-29,37,40H,10-11,14,16-18H2,1-4H3/t20-,24-,25-,26-,28+,29+,31-,32-/m0/s1. The van der Waals surface area contributed by atoms with Gasteiger partial charge < -0.3 is 9.84 Å². The third-order valence-corrected chi connectivity index (χ3v) is 10.5. The molecule has 0 saturated heterocycles. The lowest BCUT2D eigenvalue weighted by Gasteiger charge is -2.58. The number of ketones is 2. The van der Waals surface area contributed by atoms with Crippen molar-refractivity contribution in [1.29, 1.82) is 0 Å². The van der Waals surface area contributed by atoms with Crippen LogP contribution in [0, 0.1) is 40.4 Å². The summed E-state index contributed by atoms with van der Waals surface area (Å²) in [6, 6.07) is 8.37. The van der Waals surface area contributed by atoms with Gasteiger partial charge in [0.05, 0.1) is 12.6 Å². The fourth-order valence-electron chi connectivity index (χ4n) is 8.82. The number of carbonyl (C=O) groups excluding carboxylic acids is 4. The monoisotopic (exact) mass is 564 g/mol. The third kappa shape index (κ3) is 5.03. The van der Waals surface area contributed by atoms with E-state index >= 15 is 0 Å². The van der Waals surface area contributed by atoms with Gasteiger partial charge in [-0.3, -0.25) is 24.5 Å². The van der Waals surface area contributed by atoms with E-state index in [-0.39, 0.29) is 42.5 Å². The minimum Gasteiger partial charge on any atom is -0.458 e. The fourth-order valence-corrected chi connectivity index (χ4v) is 8.82. The summed E-state index contributed by atoms with van der Waals surface area (Å²) in [5.41, 5.74) is 0.589. The number of rotatable bonds is 6. The van der Waals surface area contributed by atoms with Crippen molar-refractivity contribution in [2.75, 3.05) is 25.1 Å². The lowest BCUT2D eigenvalue weighted by Crippen LogP contribution is -2.56. The summed E-state index contributed by atoms with van der Waals surface area (Å²) in [4.78, 5) is 52.0. The van der Waals surface area contributed by atoms with Crippen molar-refractivity contribution in [3.05, 3.63) is 54.1 Å². The second-order valence-electron chi connectivity index (χ2n) is 12.8. The van der Waals surface area contributed by atoms with Crippen molar-refractivity contribution >= 4 is 29.3 Å². The number of anilines is 1. The zero-order chi connectivity index (χ0) is 29.7. The number of carbonyl (C=O) groups is 4. The molecule has 0 aromatic heterocycles. The number of hydroxylamine groups is 2. The molecule has 0 radical (unpaired) electrons. The molecule has 0 spiro atoms. The molecule has 0 aliphatic heterocycles. The molecule has 5 rings (SSSR count). The first-order chi connectivity index (χ1) is 19.4. The van der Waals surface area contributed by atoms with Gasteiger partial charge in [-0.2, -0.15) is 0 Å². The molecule has 4 aliphatic rings. The highest BCUT2D eigenvalue weighted by atomic mass is 16.5. The van der Waals surface area contributed by atoms with Crippen molar-refractivity contribution in [2.45, 2.75) is 52.6 Å². The molecule has 4 aliphatic carbocycles. The molecule has 41 heavy (non-hydrogen) atoms. The minimum absolute atomic E-state index is 0.0312. The fraction of sp³-hybridized carbons (Fsp3) is 0.562. The zero-order valence-corrected chi connectivity index (χ0v) is 24.2. The summed E-state index contributed by atoms with van der Waals surface area (Å²) in [5.74, 6) is -1.88. The summed E-state index contributed by atoms with van der Waals surface area (Å²) < 4.78 is 5.12. The minimum atomic E-state index is -0.716. The molecule has 1 aromatic carbocycles. The van der Waals surface area contributed by atoms with E-state index in [9.17, 15) is 29.5 Å². The molecule has 3 saturated carbocycles. The summed E-state index contributed by atoms with van der Waals surface area (Å²) in [6.07, 6.45) is 6.98. The van der Waals surface area contributed by atoms with Gasteiger partial charge in [-0.15, -0.1) is 0 Å². The topological polar surface area (TPSA) is 124 Å². The molecule has 0 unspecified atom stereocenters. The van der Waals surface area contributed by atoms with Crippen molar-refractivity contribution in [3.8, 4) is 0 Å². The Balaban J connectivity index is 1.45. The van der Waals surface area contributed by atoms with Crippen LogP contribution >= 0.6 is 0 Å². The van der Waals surface area contributed by atoms with E-state index < -0.39 is 40.8 Å². The molecule has 3 fully saturated rings. The Bertz CT molecular complexity index is 1290. The number of ether oxygens (including phenoxy) is 1. The predicted molar refractivity (Wildman–Crippen MR) is 151 cm³/mol. The van der Waals surface area contributed by atoms with Crippen LogP contribution in [0.3, 0.4) is 0 Å². The van der Waals surface area contributed by atoms with Crippen LogP contribution in [0.4, 0.5) is 10.5 Å². The number of amides is 2. The molecule has 2 amide bonds. The van der Waals surface area contributed by atoms with Crippen molar-refractivity contribution in [2.24, 2.45) is 40.4 Å². The SMILES string of the molecule is CC(=O)OCC(=O)[C@H]1[C@H](CN(O)C(=O)N(C)c2ccccc2)C[C@H]2[C@@H]3CCC4=CC(=O)C=C[C@]4(C)[C@H]3[C@@H](O)C[C@@]21C. The molecule has 1 aromatic rings.